The monoisotopic (exact) mass is 464 g/mol. The molecule has 9 heteroatoms. The van der Waals surface area contributed by atoms with Crippen LogP contribution in [0.4, 0.5) is 0 Å². The molecule has 2 aromatic carbocycles. The first-order valence-electron chi connectivity index (χ1n) is 10.4. The van der Waals surface area contributed by atoms with Crippen LogP contribution in [0, 0.1) is 0 Å². The lowest BCUT2D eigenvalue weighted by Gasteiger charge is -2.08. The maximum atomic E-state index is 11.1. The molecule has 1 aliphatic rings. The summed E-state index contributed by atoms with van der Waals surface area (Å²) < 4.78 is 5.82. The van der Waals surface area contributed by atoms with Crippen LogP contribution in [0.25, 0.3) is 22.4 Å². The average Bonchev–Trinajstić information content (AvgIpc) is 3.48. The van der Waals surface area contributed by atoms with Crippen molar-refractivity contribution in [3.05, 3.63) is 76.4 Å². The number of aromatic amines is 1. The first-order valence-corrected chi connectivity index (χ1v) is 11.3. The molecular formula is C24H24N4O4S. The molecule has 2 aromatic heterocycles. The highest BCUT2D eigenvalue weighted by Crippen LogP contribution is 2.39. The van der Waals surface area contributed by atoms with Crippen LogP contribution in [0.1, 0.15) is 26.3 Å². The Kier molecular flexibility index (Phi) is 7.13. The standard InChI is InChI=1S/C15H11N3O3S.C9H13NO/c19-15(20)14-18-13-10-2-1-8(9-6-16-17-7-9)5-11(10)21-4-3-12(13)22-14;1-10-7-9(11)8-5-3-2-4-6-8/h1-2,5-7H,3-4H2,(H,16,17)(H,19,20);2-6,9-11H,7H2,1H3/t;9-/m.0/s1. The molecular weight excluding hydrogens is 440 g/mol. The number of nitrogens with one attached hydrogen (secondary N) is 2. The summed E-state index contributed by atoms with van der Waals surface area (Å²) in [5.41, 5.74) is 4.48. The highest BCUT2D eigenvalue weighted by atomic mass is 32.1. The second-order valence-electron chi connectivity index (χ2n) is 7.38. The number of hydrogen-bond donors (Lipinski definition) is 4. The summed E-state index contributed by atoms with van der Waals surface area (Å²) in [5.74, 6) is -0.268. The third-order valence-corrected chi connectivity index (χ3v) is 6.22. The van der Waals surface area contributed by atoms with E-state index < -0.39 is 5.97 Å². The minimum Gasteiger partial charge on any atom is -0.492 e. The molecule has 0 saturated heterocycles. The molecule has 4 aromatic rings. The van der Waals surface area contributed by atoms with Crippen LogP contribution < -0.4 is 10.1 Å². The summed E-state index contributed by atoms with van der Waals surface area (Å²) in [6, 6.07) is 15.5. The number of hydrogen-bond acceptors (Lipinski definition) is 7. The molecule has 0 radical (unpaired) electrons. The summed E-state index contributed by atoms with van der Waals surface area (Å²) in [5, 5.41) is 28.4. The van der Waals surface area contributed by atoms with E-state index in [1.165, 1.54) is 11.3 Å². The van der Waals surface area contributed by atoms with E-state index in [0.717, 1.165) is 32.9 Å². The number of aromatic nitrogens is 3. The van der Waals surface area contributed by atoms with Gasteiger partial charge in [-0.05, 0) is 30.3 Å². The van der Waals surface area contributed by atoms with Crippen LogP contribution in [0.2, 0.25) is 0 Å². The molecule has 0 spiro atoms. The van der Waals surface area contributed by atoms with Crippen molar-refractivity contribution in [3.63, 3.8) is 0 Å². The second-order valence-corrected chi connectivity index (χ2v) is 8.46. The van der Waals surface area contributed by atoms with Crippen LogP contribution in [0.15, 0.2) is 60.9 Å². The molecule has 1 aliphatic heterocycles. The van der Waals surface area contributed by atoms with Gasteiger partial charge in [-0.3, -0.25) is 5.10 Å². The van der Waals surface area contributed by atoms with Crippen LogP contribution in [0.5, 0.6) is 5.75 Å². The quantitative estimate of drug-likeness (QED) is 0.355. The third-order valence-electron chi connectivity index (χ3n) is 5.12. The predicted molar refractivity (Wildman–Crippen MR) is 127 cm³/mol. The molecule has 0 saturated carbocycles. The Hall–Kier alpha value is -3.53. The number of carboxylic acids is 1. The molecule has 0 fully saturated rings. The number of ether oxygens (including phenoxy) is 1. The van der Waals surface area contributed by atoms with Crippen molar-refractivity contribution in [1.82, 2.24) is 20.5 Å². The van der Waals surface area contributed by atoms with Gasteiger partial charge in [0, 0.05) is 35.2 Å². The van der Waals surface area contributed by atoms with E-state index >= 15 is 0 Å². The van der Waals surface area contributed by atoms with Crippen LogP contribution >= 0.6 is 11.3 Å². The van der Waals surface area contributed by atoms with Crippen molar-refractivity contribution in [2.45, 2.75) is 12.5 Å². The van der Waals surface area contributed by atoms with E-state index in [1.54, 1.807) is 6.20 Å². The van der Waals surface area contributed by atoms with Gasteiger partial charge in [-0.25, -0.2) is 9.78 Å². The number of fused-ring (bicyclic) bond motifs is 3. The van der Waals surface area contributed by atoms with Crippen molar-refractivity contribution < 1.29 is 19.7 Å². The van der Waals surface area contributed by atoms with E-state index in [-0.39, 0.29) is 11.1 Å². The number of H-pyrrole nitrogens is 1. The van der Waals surface area contributed by atoms with Gasteiger partial charge in [0.25, 0.3) is 0 Å². The first-order chi connectivity index (χ1) is 16.1. The van der Waals surface area contributed by atoms with Gasteiger partial charge in [0.2, 0.25) is 5.01 Å². The average molecular weight is 465 g/mol. The Morgan fingerprint density at radius 3 is 2.76 bits per heavy atom. The zero-order chi connectivity index (χ0) is 23.2. The number of rotatable bonds is 5. The fourth-order valence-corrected chi connectivity index (χ4v) is 4.38. The van der Waals surface area contributed by atoms with Gasteiger partial charge in [-0.15, -0.1) is 11.3 Å². The maximum absolute atomic E-state index is 11.1. The lowest BCUT2D eigenvalue weighted by atomic mass is 10.0. The lowest BCUT2D eigenvalue weighted by molar-refractivity contribution is 0.0696. The Labute approximate surface area is 194 Å². The largest absolute Gasteiger partial charge is 0.492 e. The van der Waals surface area contributed by atoms with Crippen molar-refractivity contribution in [2.24, 2.45) is 0 Å². The van der Waals surface area contributed by atoms with E-state index in [0.29, 0.717) is 25.3 Å². The van der Waals surface area contributed by atoms with Gasteiger partial charge >= 0.3 is 5.97 Å². The van der Waals surface area contributed by atoms with Crippen molar-refractivity contribution in [1.29, 1.82) is 0 Å². The number of aliphatic hydroxyl groups excluding tert-OH is 1. The number of aromatic carboxylic acids is 1. The zero-order valence-electron chi connectivity index (χ0n) is 18.0. The fourth-order valence-electron chi connectivity index (χ4n) is 3.49. The number of carboxylic acid groups (broad SMARTS) is 1. The molecule has 33 heavy (non-hydrogen) atoms. The van der Waals surface area contributed by atoms with Crippen LogP contribution in [-0.4, -0.2) is 51.6 Å². The van der Waals surface area contributed by atoms with Gasteiger partial charge in [0.15, 0.2) is 0 Å². The highest BCUT2D eigenvalue weighted by Gasteiger charge is 2.23. The van der Waals surface area contributed by atoms with E-state index in [9.17, 15) is 9.90 Å². The molecule has 0 bridgehead atoms. The molecule has 5 rings (SSSR count). The van der Waals surface area contributed by atoms with E-state index in [4.69, 9.17) is 9.84 Å². The number of likely N-dealkylation sites (N-methyl/N-ethyl adjacent to an activating group) is 1. The normalized spacial score (nSPS) is 12.9. The minimum atomic E-state index is -0.990. The van der Waals surface area contributed by atoms with Crippen LogP contribution in [0.3, 0.4) is 0 Å². The predicted octanol–water partition coefficient (Wildman–Crippen LogP) is 3.77. The SMILES string of the molecule is CNC[C@H](O)c1ccccc1.O=C(O)c1nc2c(s1)CCOc1cc(-c3cn[nH]c3)ccc1-2. The van der Waals surface area contributed by atoms with Crippen molar-refractivity contribution in [2.75, 3.05) is 20.2 Å². The number of thiazole rings is 1. The summed E-state index contributed by atoms with van der Waals surface area (Å²) in [6.07, 6.45) is 3.83. The first kappa shape index (κ1) is 22.7. The van der Waals surface area contributed by atoms with Gasteiger partial charge in [0.1, 0.15) is 5.75 Å². The number of carbonyl (C=O) groups is 1. The topological polar surface area (TPSA) is 120 Å². The number of nitrogens with zero attached hydrogens (tertiary/aromatic N) is 2. The van der Waals surface area contributed by atoms with E-state index in [1.807, 2.05) is 61.8 Å². The Morgan fingerprint density at radius 2 is 2.06 bits per heavy atom. The Morgan fingerprint density at radius 1 is 1.24 bits per heavy atom. The molecule has 0 aliphatic carbocycles. The summed E-state index contributed by atoms with van der Waals surface area (Å²) in [6.45, 7) is 1.11. The molecule has 4 N–H and O–H groups in total. The maximum Gasteiger partial charge on any atom is 0.365 e. The van der Waals surface area contributed by atoms with Gasteiger partial charge in [-0.2, -0.15) is 5.10 Å². The molecule has 170 valence electrons. The zero-order valence-corrected chi connectivity index (χ0v) is 18.8. The van der Waals surface area contributed by atoms with Crippen LogP contribution in [-0.2, 0) is 6.42 Å². The summed E-state index contributed by atoms with van der Waals surface area (Å²) in [4.78, 5) is 16.3. The summed E-state index contributed by atoms with van der Waals surface area (Å²) >= 11 is 1.22. The highest BCUT2D eigenvalue weighted by molar-refractivity contribution is 7.14. The second kappa shape index (κ2) is 10.4. The molecule has 0 unspecified atom stereocenters. The Balaban J connectivity index is 0.000000200. The smallest absolute Gasteiger partial charge is 0.365 e. The number of benzene rings is 2. The van der Waals surface area contributed by atoms with Crippen molar-refractivity contribution in [3.8, 4) is 28.1 Å². The molecule has 1 atom stereocenters. The fraction of sp³-hybridized carbons (Fsp3) is 0.208. The number of aliphatic hydroxyl groups is 1. The minimum absolute atomic E-state index is 0.122. The van der Waals surface area contributed by atoms with E-state index in [2.05, 4.69) is 20.5 Å². The van der Waals surface area contributed by atoms with Gasteiger partial charge < -0.3 is 20.3 Å². The van der Waals surface area contributed by atoms with Gasteiger partial charge in [-0.1, -0.05) is 36.4 Å². The Bertz CT molecular complexity index is 1210. The molecule has 8 nitrogen and oxygen atoms in total. The van der Waals surface area contributed by atoms with Crippen molar-refractivity contribution >= 4 is 17.3 Å². The molecule has 3 heterocycles. The lowest BCUT2D eigenvalue weighted by Crippen LogP contribution is -2.16. The summed E-state index contributed by atoms with van der Waals surface area (Å²) in [7, 11) is 1.83. The molecule has 0 amide bonds. The van der Waals surface area contributed by atoms with Gasteiger partial charge in [0.05, 0.1) is 24.6 Å². The third kappa shape index (κ3) is 5.28.